The summed E-state index contributed by atoms with van der Waals surface area (Å²) in [6, 6.07) is 0. The van der Waals surface area contributed by atoms with Gasteiger partial charge in [-0.3, -0.25) is 0 Å². The van der Waals surface area contributed by atoms with Gasteiger partial charge in [-0.1, -0.05) is 0 Å². The highest BCUT2D eigenvalue weighted by atomic mass is 31.2. The fourth-order valence-corrected chi connectivity index (χ4v) is 0. The van der Waals surface area contributed by atoms with Gasteiger partial charge in [-0.25, -0.2) is 4.57 Å². The molecule has 0 spiro atoms. The SMILES string of the molecule is FOF.O=P(O)(O)O. The van der Waals surface area contributed by atoms with Gasteiger partial charge in [-0.05, 0) is 9.05 Å². The van der Waals surface area contributed by atoms with Crippen LogP contribution in [0.1, 0.15) is 0 Å². The van der Waals surface area contributed by atoms with Crippen LogP contribution in [-0.2, 0) is 9.71 Å². The molecule has 0 aromatic carbocycles. The fourth-order valence-electron chi connectivity index (χ4n) is 0. The van der Waals surface area contributed by atoms with E-state index in [-0.39, 0.29) is 0 Å². The van der Waals surface area contributed by atoms with Crippen molar-refractivity contribution in [3.8, 4) is 0 Å². The Balaban J connectivity index is 0. The Hall–Kier alpha value is -0.0700. The summed E-state index contributed by atoms with van der Waals surface area (Å²) in [6.45, 7) is 0. The molecule has 0 radical (unpaired) electrons. The lowest BCUT2D eigenvalue weighted by Crippen LogP contribution is -1.66. The van der Waals surface area contributed by atoms with Crippen LogP contribution < -0.4 is 0 Å². The first kappa shape index (κ1) is 10.8. The molecule has 0 rings (SSSR count). The predicted octanol–water partition coefficient (Wildman–Crippen LogP) is -0.157. The molecule has 0 bridgehead atoms. The van der Waals surface area contributed by atoms with Crippen molar-refractivity contribution in [1.82, 2.24) is 0 Å². The van der Waals surface area contributed by atoms with E-state index in [1.807, 2.05) is 0 Å². The minimum Gasteiger partial charge on any atom is -0.303 e. The average molecular weight is 152 g/mol. The van der Waals surface area contributed by atoms with Crippen molar-refractivity contribution in [3.63, 3.8) is 0 Å². The first-order valence-corrected chi connectivity index (χ1v) is 2.66. The number of hydrogen-bond acceptors (Lipinski definition) is 2. The second kappa shape index (κ2) is 5.07. The van der Waals surface area contributed by atoms with Gasteiger partial charge in [0.15, 0.2) is 0 Å². The van der Waals surface area contributed by atoms with E-state index >= 15 is 0 Å². The van der Waals surface area contributed by atoms with Gasteiger partial charge in [0.2, 0.25) is 0 Å². The van der Waals surface area contributed by atoms with Gasteiger partial charge in [0.25, 0.3) is 0 Å². The van der Waals surface area contributed by atoms with Crippen LogP contribution in [0.25, 0.3) is 0 Å². The lowest BCUT2D eigenvalue weighted by Gasteiger charge is -1.82. The molecule has 0 saturated heterocycles. The van der Waals surface area contributed by atoms with Crippen molar-refractivity contribution in [3.05, 3.63) is 0 Å². The third-order valence-electron chi connectivity index (χ3n) is 0. The third-order valence-corrected chi connectivity index (χ3v) is 0. The highest BCUT2D eigenvalue weighted by Crippen LogP contribution is 2.25. The van der Waals surface area contributed by atoms with Crippen LogP contribution in [0.5, 0.6) is 0 Å². The number of phosphoric acid groups is 1. The van der Waals surface area contributed by atoms with E-state index in [1.165, 1.54) is 5.15 Å². The standard InChI is InChI=1S/F2O.H3O4P/c1-3-2;1-5(2,3)4/h;(H3,1,2,3,4). The number of halogens is 2. The quantitative estimate of drug-likeness (QED) is 0.420. The summed E-state index contributed by atoms with van der Waals surface area (Å²) in [6.07, 6.45) is 0. The van der Waals surface area contributed by atoms with E-state index in [9.17, 15) is 0 Å². The highest BCUT2D eigenvalue weighted by Gasteiger charge is 2.00. The average Bonchev–Trinajstić information content (AvgIpc) is 1.27. The third kappa shape index (κ3) is 29400. The van der Waals surface area contributed by atoms with Gasteiger partial charge in [0.1, 0.15) is 0 Å². The maximum atomic E-state index is 9.12. The molecule has 5 nitrogen and oxygen atoms in total. The molecule has 0 unspecified atom stereocenters. The highest BCUT2D eigenvalue weighted by molar-refractivity contribution is 7.45. The van der Waals surface area contributed by atoms with E-state index in [2.05, 4.69) is 0 Å². The zero-order chi connectivity index (χ0) is 7.21. The minimum atomic E-state index is -4.64. The van der Waals surface area contributed by atoms with E-state index < -0.39 is 7.82 Å². The summed E-state index contributed by atoms with van der Waals surface area (Å²) in [5, 5.41) is 1.25. The molecule has 0 aliphatic carbocycles. The molecule has 8 heteroatoms. The molecule has 0 aliphatic rings. The van der Waals surface area contributed by atoms with Crippen LogP contribution in [0.3, 0.4) is 0 Å². The second-order valence-electron chi connectivity index (χ2n) is 0.572. The summed E-state index contributed by atoms with van der Waals surface area (Å²) >= 11 is 0. The molecule has 0 aromatic heterocycles. The summed E-state index contributed by atoms with van der Waals surface area (Å²) in [7, 11) is -4.64. The Morgan fingerprint density at radius 1 is 1.25 bits per heavy atom. The van der Waals surface area contributed by atoms with Crippen LogP contribution in [0.15, 0.2) is 0 Å². The van der Waals surface area contributed by atoms with Gasteiger partial charge in [-0.15, -0.1) is 0 Å². The van der Waals surface area contributed by atoms with Crippen molar-refractivity contribution >= 4 is 7.82 Å². The molecule has 0 fully saturated rings. The monoisotopic (exact) mass is 152 g/mol. The van der Waals surface area contributed by atoms with E-state index in [4.69, 9.17) is 28.3 Å². The minimum absolute atomic E-state index is 1.25. The molecule has 0 atom stereocenters. The normalized spacial score (nSPS) is 9.62. The van der Waals surface area contributed by atoms with E-state index in [0.29, 0.717) is 0 Å². The molecular weight excluding hydrogens is 149 g/mol. The molecule has 0 aromatic rings. The Kier molecular flexibility index (Phi) is 6.87. The zero-order valence-electron chi connectivity index (χ0n) is 3.36. The van der Waals surface area contributed by atoms with Crippen molar-refractivity contribution in [2.75, 3.05) is 0 Å². The Labute approximate surface area is 42.6 Å². The molecular formula is H3F2O5P. The first-order chi connectivity index (χ1) is 3.41. The maximum Gasteiger partial charge on any atom is 0.466 e. The van der Waals surface area contributed by atoms with Gasteiger partial charge in [-0.2, -0.15) is 0 Å². The number of rotatable bonds is 0. The summed E-state index contributed by atoms with van der Waals surface area (Å²) in [5.41, 5.74) is 0. The van der Waals surface area contributed by atoms with Crippen LogP contribution in [0, 0.1) is 0 Å². The summed E-state index contributed by atoms with van der Waals surface area (Å²) < 4.78 is 27.1. The molecule has 3 N–H and O–H groups in total. The van der Waals surface area contributed by atoms with Crippen molar-refractivity contribution in [2.24, 2.45) is 0 Å². The lowest BCUT2D eigenvalue weighted by atomic mass is 15.4. The maximum absolute atomic E-state index is 9.12. The van der Waals surface area contributed by atoms with Gasteiger partial charge >= 0.3 is 7.82 Å². The first-order valence-electron chi connectivity index (χ1n) is 1.09. The Morgan fingerprint density at radius 3 is 1.25 bits per heavy atom. The van der Waals surface area contributed by atoms with E-state index in [0.717, 1.165) is 0 Å². The van der Waals surface area contributed by atoms with Gasteiger partial charge < -0.3 is 14.7 Å². The summed E-state index contributed by atoms with van der Waals surface area (Å²) in [4.78, 5) is 21.6. The molecule has 0 amide bonds. The smallest absolute Gasteiger partial charge is 0.303 e. The Morgan fingerprint density at radius 2 is 1.25 bits per heavy atom. The van der Waals surface area contributed by atoms with Crippen LogP contribution in [0.2, 0.25) is 0 Å². The fraction of sp³-hybridized carbons (Fsp3) is 0. The van der Waals surface area contributed by atoms with Crippen LogP contribution >= 0.6 is 7.82 Å². The molecule has 52 valence electrons. The van der Waals surface area contributed by atoms with Crippen LogP contribution in [-0.4, -0.2) is 14.7 Å². The van der Waals surface area contributed by atoms with Crippen molar-refractivity contribution < 1.29 is 33.4 Å². The van der Waals surface area contributed by atoms with Crippen molar-refractivity contribution in [1.29, 1.82) is 0 Å². The Bertz CT molecular complexity index is 66.2. The molecule has 8 heavy (non-hydrogen) atoms. The van der Waals surface area contributed by atoms with Gasteiger partial charge in [0, 0.05) is 5.15 Å². The second-order valence-corrected chi connectivity index (χ2v) is 1.60. The molecule has 0 aliphatic heterocycles. The van der Waals surface area contributed by atoms with Gasteiger partial charge in [0.05, 0.1) is 0 Å². The number of hydrogen-bond donors (Lipinski definition) is 3. The van der Waals surface area contributed by atoms with Crippen molar-refractivity contribution in [2.45, 2.75) is 0 Å². The predicted molar refractivity (Wildman–Crippen MR) is 17.6 cm³/mol. The molecule has 0 heterocycles. The summed E-state index contributed by atoms with van der Waals surface area (Å²) in [5.74, 6) is 0. The van der Waals surface area contributed by atoms with E-state index in [1.54, 1.807) is 0 Å². The van der Waals surface area contributed by atoms with Crippen LogP contribution in [0.4, 0.5) is 9.05 Å². The molecule has 0 saturated carbocycles. The topological polar surface area (TPSA) is 87.0 Å². The zero-order valence-corrected chi connectivity index (χ0v) is 4.26. The largest absolute Gasteiger partial charge is 0.466 e. The lowest BCUT2D eigenvalue weighted by molar-refractivity contribution is -0.317.